The number of benzene rings is 2. The number of rotatable bonds is 5. The molecule has 0 saturated heterocycles. The number of amides is 1. The van der Waals surface area contributed by atoms with Crippen LogP contribution < -0.4 is 34.9 Å². The molecule has 2 aromatic carbocycles. The normalized spacial score (nSPS) is 12.6. The van der Waals surface area contributed by atoms with Crippen molar-refractivity contribution in [3.63, 3.8) is 0 Å². The Bertz CT molecular complexity index is 910. The van der Waals surface area contributed by atoms with E-state index in [0.29, 0.717) is 5.69 Å². The third-order valence-corrected chi connectivity index (χ3v) is 4.97. The van der Waals surface area contributed by atoms with E-state index >= 15 is 0 Å². The van der Waals surface area contributed by atoms with Crippen LogP contribution in [0.2, 0.25) is 0 Å². The number of aliphatic hydroxyl groups is 1. The fraction of sp³-hybridized carbons (Fsp3) is 0.278. The smallest absolute Gasteiger partial charge is 0.746 e. The predicted molar refractivity (Wildman–Crippen MR) is 102 cm³/mol. The van der Waals surface area contributed by atoms with Crippen LogP contribution in [0.25, 0.3) is 0 Å². The fourth-order valence-corrected chi connectivity index (χ4v) is 3.43. The van der Waals surface area contributed by atoms with Crippen molar-refractivity contribution in [2.75, 3.05) is 5.32 Å². The van der Waals surface area contributed by atoms with Crippen LogP contribution in [0.15, 0.2) is 58.3 Å². The van der Waals surface area contributed by atoms with Crippen molar-refractivity contribution in [2.24, 2.45) is 0 Å². The molecule has 2 N–H and O–H groups in total. The summed E-state index contributed by atoms with van der Waals surface area (Å²) in [6.07, 6.45) is -0.554. The topological polar surface area (TPSA) is 116 Å². The summed E-state index contributed by atoms with van der Waals surface area (Å²) in [6, 6.07) is 13.1. The summed E-state index contributed by atoms with van der Waals surface area (Å²) >= 11 is 1.37. The summed E-state index contributed by atoms with van der Waals surface area (Å²) in [4.78, 5) is 13.4. The minimum atomic E-state index is -4.81. The maximum atomic E-state index is 11.8. The predicted octanol–water partition coefficient (Wildman–Crippen LogP) is 0.725. The number of carbonyl (C=O) groups is 1. The van der Waals surface area contributed by atoms with Crippen LogP contribution in [0.4, 0.5) is 10.5 Å². The van der Waals surface area contributed by atoms with Gasteiger partial charge in [-0.3, -0.25) is 5.32 Å². The molecule has 10 heteroatoms. The summed E-state index contributed by atoms with van der Waals surface area (Å²) in [7, 11) is -4.81. The number of anilines is 1. The number of hydrogen-bond donors (Lipinski definition) is 2. The number of ether oxygens (including phenoxy) is 1. The molecule has 1 amide bonds. The Morgan fingerprint density at radius 3 is 2.29 bits per heavy atom. The molecule has 146 valence electrons. The molecule has 0 spiro atoms. The zero-order chi connectivity index (χ0) is 20.2. The van der Waals surface area contributed by atoms with Gasteiger partial charge in [-0.2, -0.15) is 0 Å². The number of carbonyl (C=O) groups excluding carboxylic acids is 1. The van der Waals surface area contributed by atoms with Crippen molar-refractivity contribution in [3.05, 3.63) is 54.1 Å². The van der Waals surface area contributed by atoms with Crippen LogP contribution in [0.3, 0.4) is 0 Å². The first-order valence-electron chi connectivity index (χ1n) is 7.95. The van der Waals surface area contributed by atoms with Crippen molar-refractivity contribution in [3.8, 4) is 0 Å². The quantitative estimate of drug-likeness (QED) is 0.527. The summed E-state index contributed by atoms with van der Waals surface area (Å²) in [5.41, 5.74) is -2.10. The van der Waals surface area contributed by atoms with Crippen molar-refractivity contribution in [2.45, 2.75) is 41.6 Å². The molecule has 1 atom stereocenters. The SMILES string of the molecule is CC(C)(C)OC(=O)Nc1cccc(Sc2ccc(C(O)S(=O)(=O)[O-])cc2)c1.[Na+]. The van der Waals surface area contributed by atoms with Crippen molar-refractivity contribution < 1.29 is 57.2 Å². The van der Waals surface area contributed by atoms with Gasteiger partial charge in [-0.25, -0.2) is 13.2 Å². The number of aliphatic hydroxyl groups excluding tert-OH is 1. The second-order valence-electron chi connectivity index (χ2n) is 6.67. The second-order valence-corrected chi connectivity index (χ2v) is 9.25. The third kappa shape index (κ3) is 8.12. The van der Waals surface area contributed by atoms with E-state index in [-0.39, 0.29) is 35.1 Å². The van der Waals surface area contributed by atoms with Gasteiger partial charge in [-0.15, -0.1) is 0 Å². The molecule has 7 nitrogen and oxygen atoms in total. The Kier molecular flexibility index (Phi) is 9.01. The number of hydrogen-bond acceptors (Lipinski definition) is 7. The molecular weight excluding hydrogens is 413 g/mol. The Morgan fingerprint density at radius 1 is 1.14 bits per heavy atom. The zero-order valence-corrected chi connectivity index (χ0v) is 19.6. The number of nitrogens with one attached hydrogen (secondary N) is 1. The van der Waals surface area contributed by atoms with Crippen LogP contribution in [0.5, 0.6) is 0 Å². The largest absolute Gasteiger partial charge is 1.00 e. The van der Waals surface area contributed by atoms with Crippen LogP contribution in [-0.2, 0) is 14.9 Å². The Hall–Kier alpha value is -1.07. The molecule has 0 bridgehead atoms. The van der Waals surface area contributed by atoms with Gasteiger partial charge in [0.1, 0.15) is 15.7 Å². The van der Waals surface area contributed by atoms with Crippen molar-refractivity contribution >= 4 is 33.7 Å². The molecule has 0 radical (unpaired) electrons. The molecule has 0 aromatic heterocycles. The van der Waals surface area contributed by atoms with Gasteiger partial charge < -0.3 is 14.4 Å². The van der Waals surface area contributed by atoms with E-state index in [0.717, 1.165) is 9.79 Å². The van der Waals surface area contributed by atoms with Crippen molar-refractivity contribution in [1.82, 2.24) is 0 Å². The van der Waals surface area contributed by atoms with Gasteiger partial charge in [0, 0.05) is 15.5 Å². The molecule has 0 heterocycles. The average molecular weight is 433 g/mol. The van der Waals surface area contributed by atoms with Gasteiger partial charge in [0.15, 0.2) is 5.44 Å². The molecule has 0 fully saturated rings. The van der Waals surface area contributed by atoms with Crippen molar-refractivity contribution in [1.29, 1.82) is 0 Å². The zero-order valence-electron chi connectivity index (χ0n) is 16.0. The first-order chi connectivity index (χ1) is 12.4. The molecule has 0 aliphatic carbocycles. The Morgan fingerprint density at radius 2 is 1.75 bits per heavy atom. The van der Waals surface area contributed by atoms with Crippen LogP contribution in [0.1, 0.15) is 31.8 Å². The average Bonchev–Trinajstić information content (AvgIpc) is 2.52. The summed E-state index contributed by atoms with van der Waals surface area (Å²) in [5.74, 6) is 0. The van der Waals surface area contributed by atoms with Crippen LogP contribution >= 0.6 is 11.8 Å². The van der Waals surface area contributed by atoms with E-state index in [1.807, 2.05) is 6.07 Å². The van der Waals surface area contributed by atoms with Crippen LogP contribution in [-0.4, -0.2) is 29.8 Å². The van der Waals surface area contributed by atoms with E-state index in [4.69, 9.17) is 4.74 Å². The fourth-order valence-electron chi connectivity index (χ4n) is 2.06. The van der Waals surface area contributed by atoms with Gasteiger partial charge in [0.05, 0.1) is 0 Å². The molecule has 2 rings (SSSR count). The minimum Gasteiger partial charge on any atom is -0.746 e. The molecule has 2 aromatic rings. The maximum absolute atomic E-state index is 11.8. The summed E-state index contributed by atoms with van der Waals surface area (Å²) in [6.45, 7) is 5.33. The second kappa shape index (κ2) is 10.1. The van der Waals surface area contributed by atoms with E-state index in [1.165, 1.54) is 23.9 Å². The van der Waals surface area contributed by atoms with Gasteiger partial charge in [0.2, 0.25) is 0 Å². The van der Waals surface area contributed by atoms with E-state index in [9.17, 15) is 22.9 Å². The van der Waals surface area contributed by atoms with E-state index in [2.05, 4.69) is 5.32 Å². The van der Waals surface area contributed by atoms with Gasteiger partial charge >= 0.3 is 35.7 Å². The molecule has 0 saturated carbocycles. The van der Waals surface area contributed by atoms with E-state index in [1.54, 1.807) is 51.1 Å². The molecular formula is C18H20NNaO6S2. The van der Waals surface area contributed by atoms with Gasteiger partial charge in [0.25, 0.3) is 0 Å². The maximum Gasteiger partial charge on any atom is 1.00 e. The third-order valence-electron chi connectivity index (χ3n) is 3.15. The summed E-state index contributed by atoms with van der Waals surface area (Å²) in [5, 5.41) is 12.1. The van der Waals surface area contributed by atoms with Gasteiger partial charge in [-0.1, -0.05) is 30.0 Å². The molecule has 0 aliphatic heterocycles. The Balaban J connectivity index is 0.00000392. The molecule has 28 heavy (non-hydrogen) atoms. The van der Waals surface area contributed by atoms with Crippen LogP contribution in [0, 0.1) is 0 Å². The summed E-state index contributed by atoms with van der Waals surface area (Å²) < 4.78 is 37.8. The molecule has 1 unspecified atom stereocenters. The standard InChI is InChI=1S/C18H21NO6S2.Na/c1-18(2,3)25-17(21)19-13-5-4-6-15(11-13)26-14-9-7-12(8-10-14)16(20)27(22,23)24;/h4-11,16,20H,1-3H3,(H,19,21)(H,22,23,24);/q;+1/p-1. The monoisotopic (exact) mass is 433 g/mol. The first kappa shape index (κ1) is 25.0. The first-order valence-corrected chi connectivity index (χ1v) is 10.2. The minimum absolute atomic E-state index is 0. The van der Waals surface area contributed by atoms with E-state index < -0.39 is 27.2 Å². The van der Waals surface area contributed by atoms with Gasteiger partial charge in [-0.05, 0) is 56.7 Å². The molecule has 0 aliphatic rings. The Labute approximate surface area is 190 Å².